The molecule has 1 fully saturated rings. The van der Waals surface area contributed by atoms with E-state index in [2.05, 4.69) is 4.98 Å². The van der Waals surface area contributed by atoms with Crippen molar-refractivity contribution in [2.75, 3.05) is 13.1 Å². The highest BCUT2D eigenvalue weighted by atomic mass is 32.1. The quantitative estimate of drug-likeness (QED) is 0.836. The lowest BCUT2D eigenvalue weighted by Gasteiger charge is -2.32. The first-order valence-corrected chi connectivity index (χ1v) is 9.53. The molecule has 1 saturated heterocycles. The van der Waals surface area contributed by atoms with Gasteiger partial charge in [-0.15, -0.1) is 11.3 Å². The van der Waals surface area contributed by atoms with E-state index in [4.69, 9.17) is 5.11 Å². The van der Waals surface area contributed by atoms with Crippen molar-refractivity contribution < 1.29 is 19.1 Å². The number of piperidine rings is 1. The van der Waals surface area contributed by atoms with Crippen molar-refractivity contribution in [3.05, 3.63) is 51.7 Å². The Labute approximate surface area is 155 Å². The molecule has 1 aromatic carbocycles. The van der Waals surface area contributed by atoms with Gasteiger partial charge in [0.2, 0.25) is 0 Å². The van der Waals surface area contributed by atoms with Crippen molar-refractivity contribution in [2.45, 2.75) is 32.1 Å². The molecule has 5 nitrogen and oxygen atoms in total. The summed E-state index contributed by atoms with van der Waals surface area (Å²) in [4.78, 5) is 30.2. The van der Waals surface area contributed by atoms with Gasteiger partial charge < -0.3 is 10.0 Å². The molecule has 0 spiro atoms. The Balaban J connectivity index is 1.60. The van der Waals surface area contributed by atoms with Crippen molar-refractivity contribution in [2.24, 2.45) is 5.92 Å². The normalized spacial score (nSPS) is 17.3. The van der Waals surface area contributed by atoms with Gasteiger partial charge in [-0.3, -0.25) is 9.59 Å². The summed E-state index contributed by atoms with van der Waals surface area (Å²) in [5.41, 5.74) is 0.950. The Bertz CT molecular complexity index is 775. The van der Waals surface area contributed by atoms with E-state index < -0.39 is 5.97 Å². The average Bonchev–Trinajstić information content (AvgIpc) is 3.10. The zero-order valence-corrected chi connectivity index (χ0v) is 15.2. The molecule has 1 aliphatic rings. The van der Waals surface area contributed by atoms with Crippen LogP contribution in [-0.4, -0.2) is 40.0 Å². The first-order chi connectivity index (χ1) is 12.5. The van der Waals surface area contributed by atoms with E-state index in [0.29, 0.717) is 30.8 Å². The Morgan fingerprint density at radius 1 is 1.31 bits per heavy atom. The van der Waals surface area contributed by atoms with Crippen LogP contribution in [0.2, 0.25) is 0 Å². The number of aromatic nitrogens is 1. The van der Waals surface area contributed by atoms with E-state index >= 15 is 0 Å². The number of rotatable bonds is 6. The summed E-state index contributed by atoms with van der Waals surface area (Å²) in [7, 11) is 0. The van der Waals surface area contributed by atoms with Crippen molar-refractivity contribution in [3.63, 3.8) is 0 Å². The van der Waals surface area contributed by atoms with Crippen molar-refractivity contribution in [3.8, 4) is 0 Å². The molecule has 1 N–H and O–H groups in total. The second-order valence-electron chi connectivity index (χ2n) is 6.61. The molecule has 1 aromatic heterocycles. The third-order valence-electron chi connectivity index (χ3n) is 4.61. The molecule has 1 aliphatic heterocycles. The zero-order valence-electron chi connectivity index (χ0n) is 14.4. The molecule has 7 heteroatoms. The first kappa shape index (κ1) is 18.5. The largest absolute Gasteiger partial charge is 0.481 e. The minimum Gasteiger partial charge on any atom is -0.481 e. The molecule has 0 bridgehead atoms. The van der Waals surface area contributed by atoms with Gasteiger partial charge in [0.05, 0.1) is 11.2 Å². The molecule has 1 atom stereocenters. The zero-order chi connectivity index (χ0) is 18.5. The number of carboxylic acid groups (broad SMARTS) is 1. The third kappa shape index (κ3) is 4.88. The highest BCUT2D eigenvalue weighted by molar-refractivity contribution is 7.13. The number of carbonyl (C=O) groups is 2. The van der Waals surface area contributed by atoms with Crippen LogP contribution in [0.15, 0.2) is 30.5 Å². The lowest BCUT2D eigenvalue weighted by molar-refractivity contribution is -0.137. The van der Waals surface area contributed by atoms with E-state index in [-0.39, 0.29) is 24.1 Å². The van der Waals surface area contributed by atoms with Gasteiger partial charge in [0, 0.05) is 25.9 Å². The number of thiazole rings is 1. The number of aliphatic carboxylic acids is 1. The summed E-state index contributed by atoms with van der Waals surface area (Å²) in [6.07, 6.45) is 4.80. The molecule has 0 aliphatic carbocycles. The second kappa shape index (κ2) is 8.40. The maximum atomic E-state index is 13.0. The SMILES string of the molecule is O=C(O)CCC1CCCN(C(=O)c2cnc(Cc3ccc(F)cc3)s2)C1. The molecule has 138 valence electrons. The van der Waals surface area contributed by atoms with Crippen LogP contribution in [0.5, 0.6) is 0 Å². The minimum atomic E-state index is -0.790. The molecule has 1 amide bonds. The molecule has 3 rings (SSSR count). The van der Waals surface area contributed by atoms with Gasteiger partial charge in [0.25, 0.3) is 5.91 Å². The topological polar surface area (TPSA) is 70.5 Å². The highest BCUT2D eigenvalue weighted by Gasteiger charge is 2.26. The number of carboxylic acids is 1. The summed E-state index contributed by atoms with van der Waals surface area (Å²) in [6.45, 7) is 1.31. The highest BCUT2D eigenvalue weighted by Crippen LogP contribution is 2.25. The fourth-order valence-electron chi connectivity index (χ4n) is 3.24. The summed E-state index contributed by atoms with van der Waals surface area (Å²) in [6, 6.07) is 6.27. The van der Waals surface area contributed by atoms with Gasteiger partial charge in [0.1, 0.15) is 10.7 Å². The maximum Gasteiger partial charge on any atom is 0.303 e. The van der Waals surface area contributed by atoms with Crippen LogP contribution in [0.3, 0.4) is 0 Å². The van der Waals surface area contributed by atoms with Crippen molar-refractivity contribution >= 4 is 23.2 Å². The van der Waals surface area contributed by atoms with Gasteiger partial charge in [-0.05, 0) is 42.9 Å². The Kier molecular flexibility index (Phi) is 5.98. The van der Waals surface area contributed by atoms with Crippen LogP contribution in [0.1, 0.15) is 45.9 Å². The molecule has 0 radical (unpaired) electrons. The molecule has 1 unspecified atom stereocenters. The van der Waals surface area contributed by atoms with Crippen LogP contribution >= 0.6 is 11.3 Å². The van der Waals surface area contributed by atoms with Crippen LogP contribution in [-0.2, 0) is 11.2 Å². The fourth-order valence-corrected chi connectivity index (χ4v) is 4.16. The number of nitrogens with zero attached hydrogens (tertiary/aromatic N) is 2. The summed E-state index contributed by atoms with van der Waals surface area (Å²) >= 11 is 1.36. The van der Waals surface area contributed by atoms with Crippen LogP contribution in [0, 0.1) is 11.7 Å². The summed E-state index contributed by atoms with van der Waals surface area (Å²) < 4.78 is 13.0. The van der Waals surface area contributed by atoms with Crippen molar-refractivity contribution in [1.29, 1.82) is 0 Å². The van der Waals surface area contributed by atoms with E-state index in [0.717, 1.165) is 23.4 Å². The summed E-state index contributed by atoms with van der Waals surface area (Å²) in [5.74, 6) is -0.851. The lowest BCUT2D eigenvalue weighted by atomic mass is 9.93. The van der Waals surface area contributed by atoms with Crippen LogP contribution in [0.25, 0.3) is 0 Å². The average molecular weight is 376 g/mol. The molecule has 0 saturated carbocycles. The Hall–Kier alpha value is -2.28. The number of hydrogen-bond acceptors (Lipinski definition) is 4. The maximum absolute atomic E-state index is 13.0. The Morgan fingerprint density at radius 3 is 2.81 bits per heavy atom. The van der Waals surface area contributed by atoms with Gasteiger partial charge >= 0.3 is 5.97 Å². The third-order valence-corrected chi connectivity index (χ3v) is 5.59. The first-order valence-electron chi connectivity index (χ1n) is 8.71. The van der Waals surface area contributed by atoms with Gasteiger partial charge in [-0.25, -0.2) is 9.37 Å². The summed E-state index contributed by atoms with van der Waals surface area (Å²) in [5, 5.41) is 9.65. The van der Waals surface area contributed by atoms with Crippen LogP contribution < -0.4 is 0 Å². The number of amides is 1. The van der Waals surface area contributed by atoms with E-state index in [1.54, 1.807) is 18.3 Å². The number of likely N-dealkylation sites (tertiary alicyclic amines) is 1. The second-order valence-corrected chi connectivity index (χ2v) is 7.73. The molecule has 2 aromatic rings. The monoisotopic (exact) mass is 376 g/mol. The predicted molar refractivity (Wildman–Crippen MR) is 96.8 cm³/mol. The number of benzene rings is 1. The Morgan fingerprint density at radius 2 is 2.08 bits per heavy atom. The van der Waals surface area contributed by atoms with E-state index in [1.165, 1.54) is 23.5 Å². The number of carbonyl (C=O) groups excluding carboxylic acids is 1. The van der Waals surface area contributed by atoms with Gasteiger partial charge in [0.15, 0.2) is 0 Å². The van der Waals surface area contributed by atoms with E-state index in [9.17, 15) is 14.0 Å². The number of halogens is 1. The van der Waals surface area contributed by atoms with Gasteiger partial charge in [-0.1, -0.05) is 12.1 Å². The molecule has 2 heterocycles. The standard InChI is InChI=1S/C19H21FN2O3S/c20-15-6-3-13(4-7-15)10-17-21-11-16(26-17)19(25)22-9-1-2-14(12-22)5-8-18(23)24/h3-4,6-7,11,14H,1-2,5,8-10,12H2,(H,23,24). The van der Waals surface area contributed by atoms with Crippen LogP contribution in [0.4, 0.5) is 4.39 Å². The van der Waals surface area contributed by atoms with Gasteiger partial charge in [-0.2, -0.15) is 0 Å². The molecular weight excluding hydrogens is 355 g/mol. The smallest absolute Gasteiger partial charge is 0.303 e. The number of hydrogen-bond donors (Lipinski definition) is 1. The van der Waals surface area contributed by atoms with Crippen molar-refractivity contribution in [1.82, 2.24) is 9.88 Å². The van der Waals surface area contributed by atoms with E-state index in [1.807, 2.05) is 4.90 Å². The molecular formula is C19H21FN2O3S. The minimum absolute atomic E-state index is 0.0344. The lowest BCUT2D eigenvalue weighted by Crippen LogP contribution is -2.39. The molecule has 26 heavy (non-hydrogen) atoms. The fraction of sp³-hybridized carbons (Fsp3) is 0.421. The predicted octanol–water partition coefficient (Wildman–Crippen LogP) is 3.59.